The molecular formula is C26H52O7S. The van der Waals surface area contributed by atoms with Crippen molar-refractivity contribution in [2.24, 2.45) is 0 Å². The summed E-state index contributed by atoms with van der Waals surface area (Å²) < 4.78 is 16.7. The van der Waals surface area contributed by atoms with Crippen molar-refractivity contribution >= 4 is 11.8 Å². The van der Waals surface area contributed by atoms with Crippen LogP contribution in [0.1, 0.15) is 96.8 Å². The van der Waals surface area contributed by atoms with Crippen molar-refractivity contribution in [3.8, 4) is 0 Å². The summed E-state index contributed by atoms with van der Waals surface area (Å²) in [4.78, 5) is 0. The number of rotatable bonds is 22. The van der Waals surface area contributed by atoms with E-state index >= 15 is 0 Å². The van der Waals surface area contributed by atoms with E-state index in [1.165, 1.54) is 95.2 Å². The lowest BCUT2D eigenvalue weighted by molar-refractivity contribution is -0.205. The van der Waals surface area contributed by atoms with Crippen LogP contribution in [0.3, 0.4) is 0 Å². The van der Waals surface area contributed by atoms with Crippen LogP contribution < -0.4 is 0 Å². The number of hydrogen-bond donors (Lipinski definition) is 4. The molecule has 0 aromatic carbocycles. The minimum Gasteiger partial charge on any atom is -0.394 e. The summed E-state index contributed by atoms with van der Waals surface area (Å²) in [6.07, 6.45) is 13.7. The van der Waals surface area contributed by atoms with Gasteiger partial charge in [0.25, 0.3) is 0 Å². The summed E-state index contributed by atoms with van der Waals surface area (Å²) in [6, 6.07) is 0. The maximum absolute atomic E-state index is 10.1. The SMILES string of the molecule is CCCCCCCCCCCCCCCCOC[C@H](CS[C@@H]1O[C@H](CO)[C@@H](O)[C@H](O)[C@H]1O)OC. The van der Waals surface area contributed by atoms with Gasteiger partial charge in [-0.05, 0) is 6.42 Å². The van der Waals surface area contributed by atoms with Gasteiger partial charge in [0.1, 0.15) is 29.9 Å². The molecule has 1 fully saturated rings. The third-order valence-corrected chi connectivity index (χ3v) is 7.86. The first-order valence-electron chi connectivity index (χ1n) is 13.6. The fourth-order valence-electron chi connectivity index (χ4n) is 4.20. The van der Waals surface area contributed by atoms with Gasteiger partial charge in [0.15, 0.2) is 0 Å². The number of thioether (sulfide) groups is 1. The fourth-order valence-corrected chi connectivity index (χ4v) is 5.42. The largest absolute Gasteiger partial charge is 0.394 e. The molecule has 8 heteroatoms. The number of hydrogen-bond acceptors (Lipinski definition) is 8. The van der Waals surface area contributed by atoms with E-state index < -0.39 is 36.5 Å². The number of methoxy groups -OCH3 is 1. The van der Waals surface area contributed by atoms with Crippen molar-refractivity contribution in [2.75, 3.05) is 32.7 Å². The van der Waals surface area contributed by atoms with Crippen molar-refractivity contribution in [2.45, 2.75) is 133 Å². The molecule has 1 rings (SSSR count). The van der Waals surface area contributed by atoms with Crippen molar-refractivity contribution in [1.82, 2.24) is 0 Å². The molecule has 0 saturated carbocycles. The number of aliphatic hydroxyl groups is 4. The summed E-state index contributed by atoms with van der Waals surface area (Å²) in [7, 11) is 1.62. The number of aliphatic hydroxyl groups excluding tert-OH is 4. The predicted octanol–water partition coefficient (Wildman–Crippen LogP) is 4.03. The van der Waals surface area contributed by atoms with Crippen LogP contribution in [0.5, 0.6) is 0 Å². The Morgan fingerprint density at radius 2 is 1.29 bits per heavy atom. The van der Waals surface area contributed by atoms with Gasteiger partial charge < -0.3 is 34.6 Å². The summed E-state index contributed by atoms with van der Waals surface area (Å²) >= 11 is 1.29. The number of unbranched alkanes of at least 4 members (excludes halogenated alkanes) is 13. The summed E-state index contributed by atoms with van der Waals surface area (Å²) in [5.74, 6) is 0.512. The molecule has 1 heterocycles. The van der Waals surface area contributed by atoms with Crippen LogP contribution in [-0.4, -0.2) is 89.1 Å². The fraction of sp³-hybridized carbons (Fsp3) is 1.00. The molecule has 0 bridgehead atoms. The Kier molecular flexibility index (Phi) is 20.0. The van der Waals surface area contributed by atoms with Crippen molar-refractivity contribution < 1.29 is 34.6 Å². The van der Waals surface area contributed by atoms with E-state index in [1.54, 1.807) is 7.11 Å². The van der Waals surface area contributed by atoms with Gasteiger partial charge in [-0.2, -0.15) is 0 Å². The van der Waals surface area contributed by atoms with Gasteiger partial charge in [-0.25, -0.2) is 0 Å². The highest BCUT2D eigenvalue weighted by atomic mass is 32.2. The van der Waals surface area contributed by atoms with Crippen LogP contribution in [0.15, 0.2) is 0 Å². The monoisotopic (exact) mass is 508 g/mol. The van der Waals surface area contributed by atoms with Crippen LogP contribution in [0, 0.1) is 0 Å². The molecule has 0 aromatic rings. The number of ether oxygens (including phenoxy) is 3. The molecule has 0 spiro atoms. The third-order valence-electron chi connectivity index (χ3n) is 6.57. The molecule has 204 valence electrons. The second-order valence-corrected chi connectivity index (χ2v) is 10.7. The van der Waals surface area contributed by atoms with Crippen LogP contribution in [0.4, 0.5) is 0 Å². The predicted molar refractivity (Wildman–Crippen MR) is 138 cm³/mol. The molecule has 7 nitrogen and oxygen atoms in total. The van der Waals surface area contributed by atoms with Gasteiger partial charge in [-0.3, -0.25) is 0 Å². The van der Waals surface area contributed by atoms with E-state index in [4.69, 9.17) is 14.2 Å². The Hall–Kier alpha value is 0.0700. The molecule has 34 heavy (non-hydrogen) atoms. The molecular weight excluding hydrogens is 456 g/mol. The first-order valence-corrected chi connectivity index (χ1v) is 14.6. The van der Waals surface area contributed by atoms with Crippen molar-refractivity contribution in [3.63, 3.8) is 0 Å². The normalized spacial score (nSPS) is 26.1. The minimum absolute atomic E-state index is 0.163. The van der Waals surface area contributed by atoms with E-state index in [2.05, 4.69) is 6.92 Å². The summed E-state index contributed by atoms with van der Waals surface area (Å²) in [5.41, 5.74) is -0.737. The van der Waals surface area contributed by atoms with Crippen molar-refractivity contribution in [3.05, 3.63) is 0 Å². The Bertz CT molecular complexity index is 455. The quantitative estimate of drug-likeness (QED) is 0.162. The lowest BCUT2D eigenvalue weighted by Gasteiger charge is -2.39. The van der Waals surface area contributed by atoms with Crippen LogP contribution in [0.2, 0.25) is 0 Å². The smallest absolute Gasteiger partial charge is 0.132 e. The van der Waals surface area contributed by atoms with Crippen molar-refractivity contribution in [1.29, 1.82) is 0 Å². The highest BCUT2D eigenvalue weighted by molar-refractivity contribution is 7.99. The standard InChI is InChI=1S/C26H52O7S/c1-3-4-5-6-7-8-9-10-11-12-13-14-15-16-17-32-19-21(31-2)20-34-26-25(30)24(29)23(28)22(18-27)33-26/h21-30H,3-20H2,1-2H3/t21-,22-,23-,24+,25-,26+/m1/s1. The van der Waals surface area contributed by atoms with Gasteiger partial charge in [0, 0.05) is 19.5 Å². The molecule has 0 aliphatic carbocycles. The Morgan fingerprint density at radius 1 is 0.765 bits per heavy atom. The second-order valence-electron chi connectivity index (χ2n) is 9.56. The highest BCUT2D eigenvalue weighted by Gasteiger charge is 2.43. The van der Waals surface area contributed by atoms with E-state index in [1.807, 2.05) is 0 Å². The first-order chi connectivity index (χ1) is 16.5. The van der Waals surface area contributed by atoms with E-state index in [-0.39, 0.29) is 6.10 Å². The van der Waals surface area contributed by atoms with Gasteiger partial charge >= 0.3 is 0 Å². The molecule has 1 aliphatic heterocycles. The maximum atomic E-state index is 10.1. The second kappa shape index (κ2) is 21.2. The van der Waals surface area contributed by atoms with Crippen LogP contribution in [0.25, 0.3) is 0 Å². The average molecular weight is 509 g/mol. The lowest BCUT2D eigenvalue weighted by atomic mass is 10.0. The molecule has 0 amide bonds. The van der Waals surface area contributed by atoms with Gasteiger partial charge in [0.05, 0.1) is 19.3 Å². The topological polar surface area (TPSA) is 109 Å². The molecule has 4 N–H and O–H groups in total. The zero-order valence-corrected chi connectivity index (χ0v) is 22.4. The average Bonchev–Trinajstić information content (AvgIpc) is 2.85. The maximum Gasteiger partial charge on any atom is 0.132 e. The van der Waals surface area contributed by atoms with Crippen LogP contribution in [-0.2, 0) is 14.2 Å². The zero-order valence-electron chi connectivity index (χ0n) is 21.6. The van der Waals surface area contributed by atoms with Crippen LogP contribution >= 0.6 is 11.8 Å². The molecule has 0 aromatic heterocycles. The summed E-state index contributed by atoms with van der Waals surface area (Å²) in [6.45, 7) is 3.02. The van der Waals surface area contributed by atoms with Gasteiger partial charge in [-0.1, -0.05) is 90.4 Å². The van der Waals surface area contributed by atoms with E-state index in [9.17, 15) is 20.4 Å². The Balaban J connectivity index is 1.97. The minimum atomic E-state index is -1.35. The Labute approximate surface area is 211 Å². The molecule has 1 aliphatic rings. The first kappa shape index (κ1) is 32.1. The van der Waals surface area contributed by atoms with E-state index in [0.717, 1.165) is 6.42 Å². The summed E-state index contributed by atoms with van der Waals surface area (Å²) in [5, 5.41) is 39.2. The molecule has 6 atom stereocenters. The third kappa shape index (κ3) is 14.0. The van der Waals surface area contributed by atoms with Gasteiger partial charge in [0.2, 0.25) is 0 Å². The lowest BCUT2D eigenvalue weighted by Crippen LogP contribution is -2.57. The molecule has 0 radical (unpaired) electrons. The van der Waals surface area contributed by atoms with Gasteiger partial charge in [-0.15, -0.1) is 11.8 Å². The zero-order chi connectivity index (χ0) is 25.0. The Morgan fingerprint density at radius 3 is 1.79 bits per heavy atom. The highest BCUT2D eigenvalue weighted by Crippen LogP contribution is 2.29. The molecule has 0 unspecified atom stereocenters. The molecule has 1 saturated heterocycles. The van der Waals surface area contributed by atoms with E-state index in [0.29, 0.717) is 19.0 Å².